The topological polar surface area (TPSA) is 33.0 Å². The predicted molar refractivity (Wildman–Crippen MR) is 70.3 cm³/mol. The highest BCUT2D eigenvalue weighted by Crippen LogP contribution is 2.29. The second-order valence-electron chi connectivity index (χ2n) is 3.44. The Hall–Kier alpha value is -1.68. The van der Waals surface area contributed by atoms with Crippen LogP contribution in [0.1, 0.15) is 5.56 Å². The minimum Gasteiger partial charge on any atom is -0.451 e. The zero-order valence-electron chi connectivity index (χ0n) is 8.95. The van der Waals surface area contributed by atoms with E-state index in [0.717, 1.165) is 15.7 Å². The van der Waals surface area contributed by atoms with Gasteiger partial charge in [-0.1, -0.05) is 6.07 Å². The van der Waals surface area contributed by atoms with Gasteiger partial charge in [0.15, 0.2) is 17.4 Å². The van der Waals surface area contributed by atoms with Gasteiger partial charge in [0.1, 0.15) is 5.75 Å². The highest BCUT2D eigenvalue weighted by Gasteiger charge is 2.13. The van der Waals surface area contributed by atoms with E-state index in [1.165, 1.54) is 0 Å². The van der Waals surface area contributed by atoms with Crippen LogP contribution in [0.5, 0.6) is 11.5 Å². The molecule has 0 radical (unpaired) electrons. The van der Waals surface area contributed by atoms with Gasteiger partial charge in [-0.3, -0.25) is 0 Å². The van der Waals surface area contributed by atoms with Crippen molar-refractivity contribution in [1.82, 2.24) is 0 Å². The summed E-state index contributed by atoms with van der Waals surface area (Å²) in [7, 11) is 0. The molecule has 0 fully saturated rings. The molecule has 0 amide bonds. The van der Waals surface area contributed by atoms with Crippen molar-refractivity contribution in [2.75, 3.05) is 0 Å². The van der Waals surface area contributed by atoms with Crippen LogP contribution in [0.15, 0.2) is 36.4 Å². The summed E-state index contributed by atoms with van der Waals surface area (Å²) in [6.07, 6.45) is 0. The van der Waals surface area contributed by atoms with E-state index in [1.54, 1.807) is 24.3 Å². The predicted octanol–water partition coefficient (Wildman–Crippen LogP) is 4.23. The molecular formula is C13H6F2INO. The Bertz CT molecular complexity index is 614. The molecule has 90 valence electrons. The summed E-state index contributed by atoms with van der Waals surface area (Å²) in [6, 6.07) is 10.3. The molecule has 0 heterocycles. The summed E-state index contributed by atoms with van der Waals surface area (Å²) in [5.41, 5.74) is -0.0833. The largest absolute Gasteiger partial charge is 0.451 e. The molecule has 2 rings (SSSR count). The van der Waals surface area contributed by atoms with Crippen LogP contribution in [0.2, 0.25) is 0 Å². The Labute approximate surface area is 116 Å². The summed E-state index contributed by atoms with van der Waals surface area (Å²) in [4.78, 5) is 0. The molecule has 0 aliphatic heterocycles. The van der Waals surface area contributed by atoms with Crippen molar-refractivity contribution >= 4 is 22.6 Å². The first-order valence-corrected chi connectivity index (χ1v) is 6.00. The number of nitriles is 1. The third kappa shape index (κ3) is 2.76. The van der Waals surface area contributed by atoms with Crippen molar-refractivity contribution in [2.24, 2.45) is 0 Å². The maximum atomic E-state index is 13.6. The number of halogens is 3. The van der Waals surface area contributed by atoms with Crippen molar-refractivity contribution in [3.8, 4) is 17.6 Å². The molecule has 0 aliphatic rings. The van der Waals surface area contributed by atoms with Gasteiger partial charge in [-0.25, -0.2) is 8.78 Å². The number of benzene rings is 2. The first-order chi connectivity index (χ1) is 8.60. The van der Waals surface area contributed by atoms with Crippen LogP contribution in [0.4, 0.5) is 8.78 Å². The van der Waals surface area contributed by atoms with Gasteiger partial charge in [-0.15, -0.1) is 0 Å². The van der Waals surface area contributed by atoms with Crippen LogP contribution in [0, 0.1) is 26.5 Å². The normalized spacial score (nSPS) is 9.89. The lowest BCUT2D eigenvalue weighted by Crippen LogP contribution is -1.94. The zero-order chi connectivity index (χ0) is 13.1. The molecule has 0 atom stereocenters. The van der Waals surface area contributed by atoms with Crippen molar-refractivity contribution in [3.05, 3.63) is 57.2 Å². The summed E-state index contributed by atoms with van der Waals surface area (Å²) in [6.45, 7) is 0. The average Bonchev–Trinajstić information content (AvgIpc) is 2.33. The van der Waals surface area contributed by atoms with Gasteiger partial charge in [-0.2, -0.15) is 5.26 Å². The van der Waals surface area contributed by atoms with Gasteiger partial charge >= 0.3 is 0 Å². The summed E-state index contributed by atoms with van der Waals surface area (Å²) in [5.74, 6) is -1.96. The second-order valence-corrected chi connectivity index (χ2v) is 4.69. The fourth-order valence-electron chi connectivity index (χ4n) is 1.37. The number of rotatable bonds is 2. The molecule has 2 aromatic carbocycles. The van der Waals surface area contributed by atoms with Crippen LogP contribution in [-0.4, -0.2) is 0 Å². The van der Waals surface area contributed by atoms with Crippen molar-refractivity contribution < 1.29 is 13.5 Å². The van der Waals surface area contributed by atoms with Crippen LogP contribution in [-0.2, 0) is 0 Å². The van der Waals surface area contributed by atoms with E-state index in [9.17, 15) is 8.78 Å². The second kappa shape index (κ2) is 5.31. The van der Waals surface area contributed by atoms with Gasteiger partial charge in [0.05, 0.1) is 11.6 Å². The van der Waals surface area contributed by atoms with Gasteiger partial charge in [0.25, 0.3) is 0 Å². The van der Waals surface area contributed by atoms with Gasteiger partial charge in [-0.05, 0) is 52.9 Å². The first-order valence-electron chi connectivity index (χ1n) is 4.92. The Balaban J connectivity index is 2.38. The summed E-state index contributed by atoms with van der Waals surface area (Å²) >= 11 is 2.07. The highest BCUT2D eigenvalue weighted by molar-refractivity contribution is 14.1. The van der Waals surface area contributed by atoms with E-state index in [1.807, 2.05) is 6.07 Å². The molecule has 2 nitrogen and oxygen atoms in total. The molecule has 0 aliphatic carbocycles. The quantitative estimate of drug-likeness (QED) is 0.754. The van der Waals surface area contributed by atoms with Gasteiger partial charge in [0, 0.05) is 3.57 Å². The molecule has 0 saturated heterocycles. The number of nitrogens with zero attached hydrogens (tertiary/aromatic N) is 1. The van der Waals surface area contributed by atoms with E-state index in [-0.39, 0.29) is 5.56 Å². The maximum Gasteiger partial charge on any atom is 0.198 e. The smallest absolute Gasteiger partial charge is 0.198 e. The summed E-state index contributed by atoms with van der Waals surface area (Å²) < 4.78 is 33.2. The average molecular weight is 357 g/mol. The Morgan fingerprint density at radius 1 is 1.11 bits per heavy atom. The molecule has 0 bridgehead atoms. The molecule has 5 heteroatoms. The Morgan fingerprint density at radius 2 is 1.78 bits per heavy atom. The van der Waals surface area contributed by atoms with Crippen molar-refractivity contribution in [3.63, 3.8) is 0 Å². The number of hydrogen-bond donors (Lipinski definition) is 0. The minimum absolute atomic E-state index is 0.0833. The van der Waals surface area contributed by atoms with E-state index >= 15 is 0 Å². The molecular weight excluding hydrogens is 351 g/mol. The lowest BCUT2D eigenvalue weighted by atomic mass is 10.2. The Morgan fingerprint density at radius 3 is 2.33 bits per heavy atom. The van der Waals surface area contributed by atoms with Crippen LogP contribution in [0.3, 0.4) is 0 Å². The summed E-state index contributed by atoms with van der Waals surface area (Å²) in [5, 5.41) is 8.58. The van der Waals surface area contributed by atoms with Crippen LogP contribution >= 0.6 is 22.6 Å². The van der Waals surface area contributed by atoms with Crippen molar-refractivity contribution in [1.29, 1.82) is 5.26 Å². The van der Waals surface area contributed by atoms with Crippen molar-refractivity contribution in [2.45, 2.75) is 0 Å². The lowest BCUT2D eigenvalue weighted by Gasteiger charge is -2.08. The van der Waals surface area contributed by atoms with E-state index in [0.29, 0.717) is 5.75 Å². The highest BCUT2D eigenvalue weighted by atomic mass is 127. The standard InChI is InChI=1S/C13H6F2INO/c14-11-4-8(7-17)5-12(15)13(11)18-10-3-1-2-9(16)6-10/h1-6H. The number of ether oxygens (including phenoxy) is 1. The monoisotopic (exact) mass is 357 g/mol. The third-order valence-electron chi connectivity index (χ3n) is 2.14. The Kier molecular flexibility index (Phi) is 3.77. The van der Waals surface area contributed by atoms with E-state index in [4.69, 9.17) is 10.00 Å². The van der Waals surface area contributed by atoms with E-state index in [2.05, 4.69) is 22.6 Å². The molecule has 0 spiro atoms. The van der Waals surface area contributed by atoms with Gasteiger partial charge in [0.2, 0.25) is 0 Å². The maximum absolute atomic E-state index is 13.6. The fraction of sp³-hybridized carbons (Fsp3) is 0. The molecule has 0 unspecified atom stereocenters. The van der Waals surface area contributed by atoms with E-state index < -0.39 is 17.4 Å². The molecule has 18 heavy (non-hydrogen) atoms. The van der Waals surface area contributed by atoms with Crippen LogP contribution < -0.4 is 4.74 Å². The molecule has 2 aromatic rings. The zero-order valence-corrected chi connectivity index (χ0v) is 11.1. The number of hydrogen-bond acceptors (Lipinski definition) is 2. The minimum atomic E-state index is -0.898. The molecule has 0 saturated carbocycles. The third-order valence-corrected chi connectivity index (χ3v) is 2.81. The SMILES string of the molecule is N#Cc1cc(F)c(Oc2cccc(I)c2)c(F)c1. The first kappa shape index (κ1) is 12.8. The van der Waals surface area contributed by atoms with Gasteiger partial charge < -0.3 is 4.74 Å². The fourth-order valence-corrected chi connectivity index (χ4v) is 1.88. The molecule has 0 aromatic heterocycles. The molecule has 0 N–H and O–H groups in total. The van der Waals surface area contributed by atoms with Crippen LogP contribution in [0.25, 0.3) is 0 Å². The lowest BCUT2D eigenvalue weighted by molar-refractivity contribution is 0.407.